The van der Waals surface area contributed by atoms with Crippen LogP contribution in [0.4, 0.5) is 0 Å². The summed E-state index contributed by atoms with van der Waals surface area (Å²) in [4.78, 5) is 2.41. The number of rotatable bonds is 12. The van der Waals surface area contributed by atoms with Crippen molar-refractivity contribution in [1.29, 1.82) is 0 Å². The molecule has 0 rings (SSSR count). The minimum absolute atomic E-state index is 0.366. The fourth-order valence-corrected chi connectivity index (χ4v) is 2.58. The van der Waals surface area contributed by atoms with Crippen molar-refractivity contribution in [3.8, 4) is 0 Å². The van der Waals surface area contributed by atoms with Gasteiger partial charge in [0.05, 0.1) is 6.61 Å². The Hall–Kier alpha value is -0.120. The molecule has 0 radical (unpaired) electrons. The van der Waals surface area contributed by atoms with Crippen LogP contribution >= 0.6 is 0 Å². The van der Waals surface area contributed by atoms with E-state index in [9.17, 15) is 0 Å². The van der Waals surface area contributed by atoms with E-state index in [1.54, 1.807) is 0 Å². The summed E-state index contributed by atoms with van der Waals surface area (Å²) in [6.45, 7) is 17.3. The number of hydrogen-bond acceptors (Lipinski definition) is 3. The molecule has 0 amide bonds. The second-order valence-corrected chi connectivity index (χ2v) is 6.52. The molecule has 0 aromatic carbocycles. The molecular weight excluding hydrogens is 236 g/mol. The maximum absolute atomic E-state index is 5.43. The van der Waals surface area contributed by atoms with E-state index in [2.05, 4.69) is 51.9 Å². The summed E-state index contributed by atoms with van der Waals surface area (Å²) < 4.78 is 5.43. The minimum atomic E-state index is 0.366. The Bertz CT molecular complexity index is 209. The molecule has 0 saturated heterocycles. The van der Waals surface area contributed by atoms with E-state index >= 15 is 0 Å². The molecule has 3 nitrogen and oxygen atoms in total. The number of ether oxygens (including phenoxy) is 1. The van der Waals surface area contributed by atoms with Crippen molar-refractivity contribution in [3.05, 3.63) is 0 Å². The van der Waals surface area contributed by atoms with Gasteiger partial charge in [0.1, 0.15) is 0 Å². The lowest BCUT2D eigenvalue weighted by Crippen LogP contribution is -2.42. The van der Waals surface area contributed by atoms with E-state index in [0.717, 1.165) is 45.3 Å². The van der Waals surface area contributed by atoms with Gasteiger partial charge >= 0.3 is 0 Å². The monoisotopic (exact) mass is 272 g/mol. The smallest absolute Gasteiger partial charge is 0.0593 e. The summed E-state index contributed by atoms with van der Waals surface area (Å²) in [6.07, 6.45) is 2.52. The molecule has 116 valence electrons. The molecule has 0 fully saturated rings. The molecule has 3 heteroatoms. The maximum Gasteiger partial charge on any atom is 0.0593 e. The van der Waals surface area contributed by atoms with Crippen LogP contribution in [0.5, 0.6) is 0 Å². The lowest BCUT2D eigenvalue weighted by Gasteiger charge is -2.34. The first-order valence-corrected chi connectivity index (χ1v) is 7.90. The zero-order valence-corrected chi connectivity index (χ0v) is 14.1. The van der Waals surface area contributed by atoms with Crippen LogP contribution in [0.25, 0.3) is 0 Å². The Balaban J connectivity index is 4.11. The molecule has 0 aromatic rings. The topological polar surface area (TPSA) is 24.5 Å². The second-order valence-electron chi connectivity index (χ2n) is 6.52. The Morgan fingerprint density at radius 2 is 1.95 bits per heavy atom. The van der Waals surface area contributed by atoms with Crippen molar-refractivity contribution < 1.29 is 4.74 Å². The van der Waals surface area contributed by atoms with Gasteiger partial charge in [-0.15, -0.1) is 0 Å². The van der Waals surface area contributed by atoms with Crippen LogP contribution in [0.2, 0.25) is 0 Å². The Morgan fingerprint density at radius 3 is 2.47 bits per heavy atom. The highest BCUT2D eigenvalue weighted by molar-refractivity contribution is 4.80. The summed E-state index contributed by atoms with van der Waals surface area (Å²) >= 11 is 0. The predicted octanol–water partition coefficient (Wildman–Crippen LogP) is 3.01. The molecule has 0 aliphatic heterocycles. The first-order valence-electron chi connectivity index (χ1n) is 7.90. The molecule has 0 aliphatic rings. The number of likely N-dealkylation sites (N-methyl/N-ethyl adjacent to an activating group) is 1. The molecule has 1 atom stereocenters. The predicted molar refractivity (Wildman–Crippen MR) is 84.7 cm³/mol. The van der Waals surface area contributed by atoms with E-state index in [0.29, 0.717) is 5.41 Å². The number of nitrogens with one attached hydrogen (secondary N) is 1. The van der Waals surface area contributed by atoms with Crippen molar-refractivity contribution in [2.75, 3.05) is 46.4 Å². The highest BCUT2D eigenvalue weighted by Gasteiger charge is 2.24. The lowest BCUT2D eigenvalue weighted by atomic mass is 9.84. The van der Waals surface area contributed by atoms with Crippen LogP contribution in [0.15, 0.2) is 0 Å². The molecule has 0 aliphatic carbocycles. The molecule has 0 heterocycles. The third-order valence-electron chi connectivity index (χ3n) is 3.43. The summed E-state index contributed by atoms with van der Waals surface area (Å²) in [5.41, 5.74) is 0.366. The van der Waals surface area contributed by atoms with Gasteiger partial charge in [-0.3, -0.25) is 0 Å². The van der Waals surface area contributed by atoms with Crippen LogP contribution in [0.1, 0.15) is 47.5 Å². The van der Waals surface area contributed by atoms with Crippen molar-refractivity contribution in [1.82, 2.24) is 10.2 Å². The quantitative estimate of drug-likeness (QED) is 0.553. The first-order chi connectivity index (χ1) is 8.93. The second kappa shape index (κ2) is 10.6. The fourth-order valence-electron chi connectivity index (χ4n) is 2.58. The first kappa shape index (κ1) is 18.9. The summed E-state index contributed by atoms with van der Waals surface area (Å²) in [7, 11) is 2.20. The fraction of sp³-hybridized carbons (Fsp3) is 1.00. The molecule has 19 heavy (non-hydrogen) atoms. The van der Waals surface area contributed by atoms with Crippen LogP contribution in [0.3, 0.4) is 0 Å². The number of hydrogen-bond donors (Lipinski definition) is 1. The van der Waals surface area contributed by atoms with Gasteiger partial charge in [-0.05, 0) is 38.3 Å². The lowest BCUT2D eigenvalue weighted by molar-refractivity contribution is 0.100. The SMILES string of the molecule is CCCC(C)(CNCC(C)C)CN(C)CCOCC. The Labute approximate surface area is 121 Å². The van der Waals surface area contributed by atoms with E-state index < -0.39 is 0 Å². The average Bonchev–Trinajstić information content (AvgIpc) is 2.28. The molecular formula is C16H36N2O. The standard InChI is InChI=1S/C16H36N2O/c1-7-9-16(5,13-17-12-15(3)4)14-18(6)10-11-19-8-2/h15,17H,7-14H2,1-6H3. The van der Waals surface area contributed by atoms with Gasteiger partial charge in [-0.1, -0.05) is 34.1 Å². The van der Waals surface area contributed by atoms with Gasteiger partial charge < -0.3 is 15.0 Å². The highest BCUT2D eigenvalue weighted by Crippen LogP contribution is 2.23. The molecule has 0 aromatic heterocycles. The van der Waals surface area contributed by atoms with Crippen molar-refractivity contribution >= 4 is 0 Å². The maximum atomic E-state index is 5.43. The molecule has 0 spiro atoms. The van der Waals surface area contributed by atoms with Crippen molar-refractivity contribution in [2.45, 2.75) is 47.5 Å². The summed E-state index contributed by atoms with van der Waals surface area (Å²) in [6, 6.07) is 0. The van der Waals surface area contributed by atoms with E-state index in [4.69, 9.17) is 4.74 Å². The van der Waals surface area contributed by atoms with E-state index in [1.807, 2.05) is 0 Å². The molecule has 0 bridgehead atoms. The van der Waals surface area contributed by atoms with Gasteiger partial charge in [-0.2, -0.15) is 0 Å². The van der Waals surface area contributed by atoms with Crippen LogP contribution < -0.4 is 5.32 Å². The largest absolute Gasteiger partial charge is 0.380 e. The summed E-state index contributed by atoms with van der Waals surface area (Å²) in [5, 5.41) is 3.62. The van der Waals surface area contributed by atoms with Gasteiger partial charge in [0, 0.05) is 26.2 Å². The third-order valence-corrected chi connectivity index (χ3v) is 3.43. The average molecular weight is 272 g/mol. The van der Waals surface area contributed by atoms with Gasteiger partial charge in [0.25, 0.3) is 0 Å². The van der Waals surface area contributed by atoms with Gasteiger partial charge in [0.15, 0.2) is 0 Å². The zero-order chi connectivity index (χ0) is 14.7. The zero-order valence-electron chi connectivity index (χ0n) is 14.1. The van der Waals surface area contributed by atoms with Crippen molar-refractivity contribution in [2.24, 2.45) is 11.3 Å². The highest BCUT2D eigenvalue weighted by atomic mass is 16.5. The van der Waals surface area contributed by atoms with Crippen LogP contribution in [-0.4, -0.2) is 51.3 Å². The number of nitrogens with zero attached hydrogens (tertiary/aromatic N) is 1. The Kier molecular flexibility index (Phi) is 10.6. The molecule has 0 saturated carbocycles. The van der Waals surface area contributed by atoms with Gasteiger partial charge in [0.2, 0.25) is 0 Å². The Morgan fingerprint density at radius 1 is 1.26 bits per heavy atom. The minimum Gasteiger partial charge on any atom is -0.380 e. The molecule has 1 unspecified atom stereocenters. The third kappa shape index (κ3) is 10.3. The van der Waals surface area contributed by atoms with Crippen LogP contribution in [0, 0.1) is 11.3 Å². The van der Waals surface area contributed by atoms with Gasteiger partial charge in [-0.25, -0.2) is 0 Å². The van der Waals surface area contributed by atoms with E-state index in [1.165, 1.54) is 12.8 Å². The molecule has 1 N–H and O–H groups in total. The normalized spacial score (nSPS) is 15.2. The summed E-state index contributed by atoms with van der Waals surface area (Å²) in [5.74, 6) is 0.724. The van der Waals surface area contributed by atoms with Crippen molar-refractivity contribution in [3.63, 3.8) is 0 Å². The van der Waals surface area contributed by atoms with E-state index in [-0.39, 0.29) is 0 Å². The van der Waals surface area contributed by atoms with Crippen LogP contribution in [-0.2, 0) is 4.74 Å².